The molecule has 2 aliphatic rings. The molecule has 2 saturated heterocycles. The average Bonchev–Trinajstić information content (AvgIpc) is 3.34. The number of imide groups is 1. The van der Waals surface area contributed by atoms with Crippen LogP contribution in [-0.4, -0.2) is 52.4 Å². The normalized spacial score (nSPS) is 21.4. The van der Waals surface area contributed by atoms with Gasteiger partial charge in [-0.1, -0.05) is 12.1 Å². The maximum absolute atomic E-state index is 13.9. The van der Waals surface area contributed by atoms with Crippen molar-refractivity contribution < 1.29 is 18.8 Å². The van der Waals surface area contributed by atoms with Crippen LogP contribution in [0.5, 0.6) is 0 Å². The van der Waals surface area contributed by atoms with Gasteiger partial charge in [-0.3, -0.25) is 4.79 Å². The fourth-order valence-corrected chi connectivity index (χ4v) is 4.77. The van der Waals surface area contributed by atoms with Gasteiger partial charge in [0.1, 0.15) is 11.9 Å². The van der Waals surface area contributed by atoms with E-state index in [2.05, 4.69) is 5.32 Å². The minimum Gasteiger partial charge on any atom is -0.336 e. The van der Waals surface area contributed by atoms with E-state index >= 15 is 0 Å². The zero-order valence-corrected chi connectivity index (χ0v) is 17.6. The number of urea groups is 2. The third kappa shape index (κ3) is 3.65. The van der Waals surface area contributed by atoms with Crippen LogP contribution in [0.3, 0.4) is 0 Å². The van der Waals surface area contributed by atoms with E-state index < -0.39 is 29.8 Å². The SMILES string of the molecule is CC(C)NC(=O)N1CCC2C1C(=O)N(c1cccc(F)c1)C(=O)N2Cc1cccs1. The molecule has 1 aromatic heterocycles. The van der Waals surface area contributed by atoms with Crippen LogP contribution in [0.1, 0.15) is 25.1 Å². The largest absolute Gasteiger partial charge is 0.336 e. The molecule has 0 aliphatic carbocycles. The van der Waals surface area contributed by atoms with Crippen molar-refractivity contribution in [2.24, 2.45) is 0 Å². The minimum atomic E-state index is -0.815. The first kappa shape index (κ1) is 20.3. The van der Waals surface area contributed by atoms with Crippen LogP contribution >= 0.6 is 11.3 Å². The van der Waals surface area contributed by atoms with Gasteiger partial charge in [0.2, 0.25) is 0 Å². The summed E-state index contributed by atoms with van der Waals surface area (Å²) in [6.45, 7) is 4.39. The Balaban J connectivity index is 1.72. The molecule has 2 fully saturated rings. The summed E-state index contributed by atoms with van der Waals surface area (Å²) in [5, 5.41) is 4.75. The van der Waals surface area contributed by atoms with E-state index in [1.807, 2.05) is 31.4 Å². The average molecular weight is 431 g/mol. The number of rotatable bonds is 4. The van der Waals surface area contributed by atoms with E-state index in [4.69, 9.17) is 0 Å². The van der Waals surface area contributed by atoms with Gasteiger partial charge >= 0.3 is 12.1 Å². The van der Waals surface area contributed by atoms with Crippen molar-refractivity contribution in [1.82, 2.24) is 15.1 Å². The van der Waals surface area contributed by atoms with Crippen LogP contribution in [0, 0.1) is 5.82 Å². The number of halogens is 1. The lowest BCUT2D eigenvalue weighted by molar-refractivity contribution is -0.124. The summed E-state index contributed by atoms with van der Waals surface area (Å²) in [5.41, 5.74) is 0.163. The molecule has 1 aromatic carbocycles. The monoisotopic (exact) mass is 430 g/mol. The highest BCUT2D eigenvalue weighted by atomic mass is 32.1. The van der Waals surface area contributed by atoms with E-state index in [1.165, 1.54) is 34.4 Å². The zero-order chi connectivity index (χ0) is 21.4. The number of carbonyl (C=O) groups is 3. The maximum Gasteiger partial charge on any atom is 0.332 e. The molecule has 158 valence electrons. The molecule has 0 bridgehead atoms. The number of anilines is 1. The first-order chi connectivity index (χ1) is 14.4. The highest BCUT2D eigenvalue weighted by molar-refractivity contribution is 7.09. The number of hydrogen-bond donors (Lipinski definition) is 1. The van der Waals surface area contributed by atoms with E-state index in [9.17, 15) is 18.8 Å². The maximum atomic E-state index is 13.9. The van der Waals surface area contributed by atoms with E-state index in [0.29, 0.717) is 19.5 Å². The van der Waals surface area contributed by atoms with Gasteiger partial charge < -0.3 is 15.1 Å². The standard InChI is InChI=1S/C21H23FN4O3S/c1-13(2)23-20(28)24-9-8-17-18(24)19(27)26(15-6-3-5-14(22)11-15)21(29)25(17)12-16-7-4-10-30-16/h3-7,10-11,13,17-18H,8-9,12H2,1-2H3,(H,23,28). The number of nitrogens with one attached hydrogen (secondary N) is 1. The molecule has 5 amide bonds. The van der Waals surface area contributed by atoms with Gasteiger partial charge in [-0.2, -0.15) is 0 Å². The Hall–Kier alpha value is -2.94. The lowest BCUT2D eigenvalue weighted by Gasteiger charge is -2.43. The molecule has 9 heteroatoms. The molecule has 2 atom stereocenters. The Morgan fingerprint density at radius 2 is 2.07 bits per heavy atom. The third-order valence-corrected chi connectivity index (χ3v) is 6.18. The van der Waals surface area contributed by atoms with Crippen LogP contribution in [0.2, 0.25) is 0 Å². The molecular formula is C21H23FN4O3S. The van der Waals surface area contributed by atoms with Crippen molar-refractivity contribution in [3.63, 3.8) is 0 Å². The smallest absolute Gasteiger partial charge is 0.332 e. The Morgan fingerprint density at radius 3 is 2.73 bits per heavy atom. The summed E-state index contributed by atoms with van der Waals surface area (Å²) < 4.78 is 13.9. The fourth-order valence-electron chi connectivity index (χ4n) is 4.06. The number of fused-ring (bicyclic) bond motifs is 1. The molecule has 0 radical (unpaired) electrons. The predicted molar refractivity (Wildman–Crippen MR) is 112 cm³/mol. The third-order valence-electron chi connectivity index (χ3n) is 5.32. The fraction of sp³-hybridized carbons (Fsp3) is 0.381. The van der Waals surface area contributed by atoms with Crippen LogP contribution in [0.25, 0.3) is 0 Å². The second-order valence-electron chi connectivity index (χ2n) is 7.74. The van der Waals surface area contributed by atoms with Crippen LogP contribution in [0.15, 0.2) is 41.8 Å². The van der Waals surface area contributed by atoms with Gasteiger partial charge in [-0.15, -0.1) is 11.3 Å². The summed E-state index contributed by atoms with van der Waals surface area (Å²) in [4.78, 5) is 44.6. The summed E-state index contributed by atoms with van der Waals surface area (Å²) in [6, 6.07) is 7.07. The molecule has 4 rings (SSSR count). The van der Waals surface area contributed by atoms with Crippen LogP contribution in [0.4, 0.5) is 19.7 Å². The first-order valence-corrected chi connectivity index (χ1v) is 10.7. The van der Waals surface area contributed by atoms with Gasteiger partial charge in [-0.05, 0) is 49.9 Å². The second-order valence-corrected chi connectivity index (χ2v) is 8.77. The summed E-state index contributed by atoms with van der Waals surface area (Å²) in [7, 11) is 0. The zero-order valence-electron chi connectivity index (χ0n) is 16.7. The number of nitrogens with zero attached hydrogens (tertiary/aromatic N) is 3. The van der Waals surface area contributed by atoms with Crippen molar-refractivity contribution in [3.05, 3.63) is 52.5 Å². The second kappa shape index (κ2) is 8.06. The van der Waals surface area contributed by atoms with Gasteiger partial charge in [0.15, 0.2) is 0 Å². The molecule has 2 unspecified atom stereocenters. The molecular weight excluding hydrogens is 407 g/mol. The number of carbonyl (C=O) groups excluding carboxylic acids is 3. The van der Waals surface area contributed by atoms with E-state index in [-0.39, 0.29) is 17.8 Å². The first-order valence-electron chi connectivity index (χ1n) is 9.86. The molecule has 2 aliphatic heterocycles. The van der Waals surface area contributed by atoms with Crippen molar-refractivity contribution in [2.75, 3.05) is 11.4 Å². The lowest BCUT2D eigenvalue weighted by Crippen LogP contribution is -2.66. The number of benzene rings is 1. The highest BCUT2D eigenvalue weighted by Crippen LogP contribution is 2.34. The Labute approximate surface area is 178 Å². The van der Waals surface area contributed by atoms with Crippen molar-refractivity contribution in [1.29, 1.82) is 0 Å². The molecule has 30 heavy (non-hydrogen) atoms. The molecule has 0 saturated carbocycles. The van der Waals surface area contributed by atoms with Gasteiger partial charge in [0.05, 0.1) is 18.3 Å². The number of likely N-dealkylation sites (tertiary alicyclic amines) is 1. The topological polar surface area (TPSA) is 73.0 Å². The van der Waals surface area contributed by atoms with Crippen molar-refractivity contribution in [2.45, 2.75) is 44.9 Å². The van der Waals surface area contributed by atoms with Crippen molar-refractivity contribution in [3.8, 4) is 0 Å². The Bertz CT molecular complexity index is 965. The van der Waals surface area contributed by atoms with E-state index in [0.717, 1.165) is 15.8 Å². The predicted octanol–water partition coefficient (Wildman–Crippen LogP) is 3.42. The minimum absolute atomic E-state index is 0.0848. The molecule has 7 nitrogen and oxygen atoms in total. The molecule has 1 N–H and O–H groups in total. The summed E-state index contributed by atoms with van der Waals surface area (Å²) in [6.07, 6.45) is 0.510. The van der Waals surface area contributed by atoms with Crippen LogP contribution < -0.4 is 10.2 Å². The van der Waals surface area contributed by atoms with E-state index in [1.54, 1.807) is 4.90 Å². The number of thiophene rings is 1. The molecule has 0 spiro atoms. The van der Waals surface area contributed by atoms with Gasteiger partial charge in [-0.25, -0.2) is 18.9 Å². The van der Waals surface area contributed by atoms with Crippen LogP contribution in [-0.2, 0) is 11.3 Å². The number of hydrogen-bond acceptors (Lipinski definition) is 4. The summed E-state index contributed by atoms with van der Waals surface area (Å²) in [5.74, 6) is -1.05. The molecule has 3 heterocycles. The Morgan fingerprint density at radius 1 is 1.27 bits per heavy atom. The van der Waals surface area contributed by atoms with Gasteiger partial charge in [0.25, 0.3) is 5.91 Å². The summed E-state index contributed by atoms with van der Waals surface area (Å²) >= 11 is 1.52. The van der Waals surface area contributed by atoms with Gasteiger partial charge in [0, 0.05) is 17.5 Å². The lowest BCUT2D eigenvalue weighted by atomic mass is 10.0. The van der Waals surface area contributed by atoms with Crippen molar-refractivity contribution >= 4 is 35.0 Å². The Kier molecular flexibility index (Phi) is 5.46. The highest BCUT2D eigenvalue weighted by Gasteiger charge is 2.53. The quantitative estimate of drug-likeness (QED) is 0.808. The number of amides is 5. The molecule has 2 aromatic rings.